The van der Waals surface area contributed by atoms with Crippen molar-refractivity contribution in [2.24, 2.45) is 5.92 Å². The summed E-state index contributed by atoms with van der Waals surface area (Å²) in [6, 6.07) is 9.05. The molecule has 1 aromatic carbocycles. The predicted molar refractivity (Wildman–Crippen MR) is 84.9 cm³/mol. The Kier molecular flexibility index (Phi) is 4.75. The fourth-order valence-corrected chi connectivity index (χ4v) is 2.20. The maximum absolute atomic E-state index is 12.0. The van der Waals surface area contributed by atoms with Crippen molar-refractivity contribution in [2.75, 3.05) is 19.8 Å². The molecule has 1 heterocycles. The molecule has 0 atom stereocenters. The van der Waals surface area contributed by atoms with E-state index in [0.29, 0.717) is 29.6 Å². The number of amides is 1. The van der Waals surface area contributed by atoms with Gasteiger partial charge < -0.3 is 10.1 Å². The third-order valence-electron chi connectivity index (χ3n) is 3.54. The number of carbonyl (C=O) groups excluding carboxylic acids is 1. The predicted octanol–water partition coefficient (Wildman–Crippen LogP) is 2.89. The van der Waals surface area contributed by atoms with Crippen LogP contribution in [0.25, 0.3) is 11.3 Å². The van der Waals surface area contributed by atoms with E-state index in [9.17, 15) is 4.79 Å². The summed E-state index contributed by atoms with van der Waals surface area (Å²) in [4.78, 5) is 12.0. The highest BCUT2D eigenvalue weighted by atomic mass is 35.5. The van der Waals surface area contributed by atoms with E-state index in [-0.39, 0.29) is 5.91 Å². The molecular formula is C16H18ClN3O2. The maximum Gasteiger partial charge on any atom is 0.269 e. The number of hydrogen-bond acceptors (Lipinski definition) is 3. The summed E-state index contributed by atoms with van der Waals surface area (Å²) < 4.78 is 5.48. The summed E-state index contributed by atoms with van der Waals surface area (Å²) in [7, 11) is 0. The Morgan fingerprint density at radius 2 is 2.14 bits per heavy atom. The Labute approximate surface area is 134 Å². The van der Waals surface area contributed by atoms with Crippen LogP contribution < -0.4 is 5.32 Å². The Morgan fingerprint density at radius 1 is 1.36 bits per heavy atom. The molecule has 22 heavy (non-hydrogen) atoms. The molecular weight excluding hydrogens is 302 g/mol. The largest absolute Gasteiger partial charge is 0.379 e. The standard InChI is InChI=1S/C16H18ClN3O2/c17-13-5-3-12(4-6-13)14-9-15(20-19-14)16(21)18-7-8-22-10-11-1-2-11/h3-6,9,11H,1-2,7-8,10H2,(H,18,21)(H,19,20). The average Bonchev–Trinajstić information content (AvgIpc) is 3.21. The lowest BCUT2D eigenvalue weighted by Gasteiger charge is -2.04. The Hall–Kier alpha value is -1.85. The number of hydrogen-bond donors (Lipinski definition) is 2. The molecule has 1 aromatic heterocycles. The summed E-state index contributed by atoms with van der Waals surface area (Å²) in [5, 5.41) is 10.4. The zero-order valence-electron chi connectivity index (χ0n) is 12.1. The first kappa shape index (κ1) is 15.1. The van der Waals surface area contributed by atoms with Gasteiger partial charge in [0, 0.05) is 23.7 Å². The van der Waals surface area contributed by atoms with Crippen LogP contribution in [0.15, 0.2) is 30.3 Å². The zero-order chi connectivity index (χ0) is 15.4. The van der Waals surface area contributed by atoms with Crippen LogP contribution >= 0.6 is 11.6 Å². The van der Waals surface area contributed by atoms with Gasteiger partial charge in [0.1, 0.15) is 5.69 Å². The number of halogens is 1. The van der Waals surface area contributed by atoms with Crippen molar-refractivity contribution in [3.05, 3.63) is 41.0 Å². The maximum atomic E-state index is 12.0. The Morgan fingerprint density at radius 3 is 2.86 bits per heavy atom. The third-order valence-corrected chi connectivity index (χ3v) is 3.80. The van der Waals surface area contributed by atoms with Gasteiger partial charge >= 0.3 is 0 Å². The lowest BCUT2D eigenvalue weighted by atomic mass is 10.1. The Balaban J connectivity index is 1.49. The summed E-state index contributed by atoms with van der Waals surface area (Å²) in [5.74, 6) is 0.563. The van der Waals surface area contributed by atoms with E-state index < -0.39 is 0 Å². The molecule has 0 aliphatic heterocycles. The topological polar surface area (TPSA) is 67.0 Å². The molecule has 3 rings (SSSR count). The van der Waals surface area contributed by atoms with Crippen molar-refractivity contribution in [2.45, 2.75) is 12.8 Å². The van der Waals surface area contributed by atoms with Gasteiger partial charge in [-0.15, -0.1) is 0 Å². The molecule has 116 valence electrons. The number of benzene rings is 1. The first-order chi connectivity index (χ1) is 10.7. The molecule has 1 amide bonds. The molecule has 0 unspecified atom stereocenters. The number of nitrogens with zero attached hydrogens (tertiary/aromatic N) is 1. The van der Waals surface area contributed by atoms with Crippen LogP contribution in [0.1, 0.15) is 23.3 Å². The van der Waals surface area contributed by atoms with Gasteiger partial charge in [-0.25, -0.2) is 0 Å². The van der Waals surface area contributed by atoms with E-state index in [1.54, 1.807) is 18.2 Å². The second kappa shape index (κ2) is 6.94. The number of nitrogens with one attached hydrogen (secondary N) is 2. The van der Waals surface area contributed by atoms with Gasteiger partial charge in [0.05, 0.1) is 12.3 Å². The van der Waals surface area contributed by atoms with Crippen LogP contribution in [0.2, 0.25) is 5.02 Å². The second-order valence-electron chi connectivity index (χ2n) is 5.45. The van der Waals surface area contributed by atoms with Gasteiger partial charge in [-0.05, 0) is 37.0 Å². The molecule has 0 radical (unpaired) electrons. The van der Waals surface area contributed by atoms with Gasteiger partial charge in [-0.1, -0.05) is 23.7 Å². The van der Waals surface area contributed by atoms with E-state index >= 15 is 0 Å². The monoisotopic (exact) mass is 319 g/mol. The number of carbonyl (C=O) groups is 1. The average molecular weight is 320 g/mol. The summed E-state index contributed by atoms with van der Waals surface area (Å²) >= 11 is 5.86. The van der Waals surface area contributed by atoms with Gasteiger partial charge in [-0.3, -0.25) is 9.89 Å². The molecule has 0 saturated heterocycles. The van der Waals surface area contributed by atoms with Gasteiger partial charge in [0.15, 0.2) is 0 Å². The fourth-order valence-electron chi connectivity index (χ4n) is 2.07. The van der Waals surface area contributed by atoms with Crippen molar-refractivity contribution in [3.8, 4) is 11.3 Å². The minimum Gasteiger partial charge on any atom is -0.379 e. The normalized spacial score (nSPS) is 14.0. The van der Waals surface area contributed by atoms with Crippen molar-refractivity contribution in [3.63, 3.8) is 0 Å². The van der Waals surface area contributed by atoms with Crippen LogP contribution in [-0.4, -0.2) is 35.9 Å². The van der Waals surface area contributed by atoms with Crippen LogP contribution in [0.4, 0.5) is 0 Å². The van der Waals surface area contributed by atoms with Crippen molar-refractivity contribution in [1.29, 1.82) is 0 Å². The smallest absolute Gasteiger partial charge is 0.269 e. The molecule has 1 saturated carbocycles. The number of rotatable bonds is 7. The second-order valence-corrected chi connectivity index (χ2v) is 5.88. The van der Waals surface area contributed by atoms with Crippen molar-refractivity contribution in [1.82, 2.24) is 15.5 Å². The minimum atomic E-state index is -0.178. The number of H-pyrrole nitrogens is 1. The van der Waals surface area contributed by atoms with Crippen LogP contribution in [0.5, 0.6) is 0 Å². The first-order valence-corrected chi connectivity index (χ1v) is 7.77. The van der Waals surface area contributed by atoms with Crippen LogP contribution in [0, 0.1) is 5.92 Å². The molecule has 0 bridgehead atoms. The van der Waals surface area contributed by atoms with Gasteiger partial charge in [0.2, 0.25) is 0 Å². The lowest BCUT2D eigenvalue weighted by molar-refractivity contribution is 0.0902. The van der Waals surface area contributed by atoms with E-state index in [1.807, 2.05) is 12.1 Å². The van der Waals surface area contributed by atoms with Crippen molar-refractivity contribution >= 4 is 17.5 Å². The quantitative estimate of drug-likeness (QED) is 0.771. The van der Waals surface area contributed by atoms with Gasteiger partial charge in [-0.2, -0.15) is 5.10 Å². The SMILES string of the molecule is O=C(NCCOCC1CC1)c1cc(-c2ccc(Cl)cc2)n[nH]1. The van der Waals surface area contributed by atoms with E-state index in [0.717, 1.165) is 18.1 Å². The summed E-state index contributed by atoms with van der Waals surface area (Å²) in [5.41, 5.74) is 2.06. The van der Waals surface area contributed by atoms with Crippen molar-refractivity contribution < 1.29 is 9.53 Å². The van der Waals surface area contributed by atoms with Crippen LogP contribution in [0.3, 0.4) is 0 Å². The molecule has 6 heteroatoms. The molecule has 2 aromatic rings. The summed E-state index contributed by atoms with van der Waals surface area (Å²) in [6.45, 7) is 1.85. The third kappa shape index (κ3) is 4.08. The van der Waals surface area contributed by atoms with E-state index in [1.165, 1.54) is 12.8 Å². The summed E-state index contributed by atoms with van der Waals surface area (Å²) in [6.07, 6.45) is 2.54. The molecule has 2 N–H and O–H groups in total. The van der Waals surface area contributed by atoms with Gasteiger partial charge in [0.25, 0.3) is 5.91 Å². The first-order valence-electron chi connectivity index (χ1n) is 7.39. The zero-order valence-corrected chi connectivity index (χ0v) is 12.9. The number of ether oxygens (including phenoxy) is 1. The molecule has 5 nitrogen and oxygen atoms in total. The molecule has 1 aliphatic rings. The highest BCUT2D eigenvalue weighted by Gasteiger charge is 2.20. The van der Waals surface area contributed by atoms with Crippen LogP contribution in [-0.2, 0) is 4.74 Å². The number of aromatic nitrogens is 2. The number of aromatic amines is 1. The Bertz CT molecular complexity index is 635. The van der Waals surface area contributed by atoms with E-state index in [4.69, 9.17) is 16.3 Å². The minimum absolute atomic E-state index is 0.178. The highest BCUT2D eigenvalue weighted by Crippen LogP contribution is 2.28. The highest BCUT2D eigenvalue weighted by molar-refractivity contribution is 6.30. The lowest BCUT2D eigenvalue weighted by Crippen LogP contribution is -2.27. The van der Waals surface area contributed by atoms with E-state index in [2.05, 4.69) is 15.5 Å². The fraction of sp³-hybridized carbons (Fsp3) is 0.375. The molecule has 1 fully saturated rings. The molecule has 0 spiro atoms. The molecule has 1 aliphatic carbocycles.